The van der Waals surface area contributed by atoms with Crippen LogP contribution in [0.5, 0.6) is 5.75 Å². The Hall–Kier alpha value is -2.90. The fraction of sp³-hybridized carbons (Fsp3) is 0.391. The molecule has 2 aromatic carbocycles. The molecule has 0 aliphatic carbocycles. The van der Waals surface area contributed by atoms with Crippen LogP contribution in [0.3, 0.4) is 0 Å². The Morgan fingerprint density at radius 1 is 1.13 bits per heavy atom. The zero-order valence-electron chi connectivity index (χ0n) is 17.5. The SMILES string of the molecule is CCNC(Cc1ccc(OCCNCc2nc3ccccc3o2)cc1)C(=O)OCC. The van der Waals surface area contributed by atoms with Crippen LogP contribution in [-0.2, 0) is 22.5 Å². The topological polar surface area (TPSA) is 85.6 Å². The smallest absolute Gasteiger partial charge is 0.323 e. The van der Waals surface area contributed by atoms with E-state index in [0.717, 1.165) is 22.4 Å². The van der Waals surface area contributed by atoms with Crippen molar-refractivity contribution in [1.82, 2.24) is 15.6 Å². The quantitative estimate of drug-likeness (QED) is 0.350. The fourth-order valence-electron chi connectivity index (χ4n) is 3.12. The Balaban J connectivity index is 1.40. The van der Waals surface area contributed by atoms with Gasteiger partial charge in [-0.25, -0.2) is 4.98 Å². The van der Waals surface area contributed by atoms with E-state index in [2.05, 4.69) is 15.6 Å². The highest BCUT2D eigenvalue weighted by atomic mass is 16.5. The summed E-state index contributed by atoms with van der Waals surface area (Å²) in [6, 6.07) is 15.2. The van der Waals surface area contributed by atoms with Gasteiger partial charge in [0.2, 0.25) is 5.89 Å². The largest absolute Gasteiger partial charge is 0.492 e. The highest BCUT2D eigenvalue weighted by Gasteiger charge is 2.18. The maximum Gasteiger partial charge on any atom is 0.323 e. The minimum Gasteiger partial charge on any atom is -0.492 e. The van der Waals surface area contributed by atoms with Gasteiger partial charge in [0.1, 0.15) is 23.9 Å². The number of aromatic nitrogens is 1. The molecule has 0 aliphatic rings. The van der Waals surface area contributed by atoms with Crippen LogP contribution in [0.4, 0.5) is 0 Å². The summed E-state index contributed by atoms with van der Waals surface area (Å²) in [5.41, 5.74) is 2.71. The lowest BCUT2D eigenvalue weighted by atomic mass is 10.1. The molecule has 160 valence electrons. The minimum atomic E-state index is -0.335. The normalized spacial score (nSPS) is 12.1. The van der Waals surface area contributed by atoms with E-state index in [4.69, 9.17) is 13.9 Å². The molecular weight excluding hydrogens is 382 g/mol. The van der Waals surface area contributed by atoms with Crippen molar-refractivity contribution in [3.8, 4) is 5.75 Å². The molecule has 7 nitrogen and oxygen atoms in total. The second-order valence-corrected chi connectivity index (χ2v) is 6.81. The maximum atomic E-state index is 12.0. The fourth-order valence-corrected chi connectivity index (χ4v) is 3.12. The molecule has 1 unspecified atom stereocenters. The number of hydrogen-bond acceptors (Lipinski definition) is 7. The van der Waals surface area contributed by atoms with Crippen molar-refractivity contribution in [2.45, 2.75) is 32.9 Å². The molecular formula is C23H29N3O4. The van der Waals surface area contributed by atoms with Gasteiger partial charge in [-0.2, -0.15) is 0 Å². The van der Waals surface area contributed by atoms with Crippen molar-refractivity contribution in [2.75, 3.05) is 26.3 Å². The summed E-state index contributed by atoms with van der Waals surface area (Å²) in [5.74, 6) is 1.24. The lowest BCUT2D eigenvalue weighted by Gasteiger charge is -2.16. The summed E-state index contributed by atoms with van der Waals surface area (Å²) < 4.78 is 16.6. The van der Waals surface area contributed by atoms with E-state index in [1.807, 2.05) is 62.4 Å². The van der Waals surface area contributed by atoms with Crippen LogP contribution >= 0.6 is 0 Å². The van der Waals surface area contributed by atoms with E-state index >= 15 is 0 Å². The first-order chi connectivity index (χ1) is 14.7. The van der Waals surface area contributed by atoms with Gasteiger partial charge in [0.25, 0.3) is 0 Å². The van der Waals surface area contributed by atoms with E-state index in [0.29, 0.717) is 45.2 Å². The number of carbonyl (C=O) groups is 1. The summed E-state index contributed by atoms with van der Waals surface area (Å²) >= 11 is 0. The molecule has 0 spiro atoms. The van der Waals surface area contributed by atoms with Crippen LogP contribution in [0, 0.1) is 0 Å². The molecule has 0 bridgehead atoms. The highest BCUT2D eigenvalue weighted by Crippen LogP contribution is 2.15. The number of ether oxygens (including phenoxy) is 2. The van der Waals surface area contributed by atoms with Gasteiger partial charge >= 0.3 is 5.97 Å². The molecule has 7 heteroatoms. The van der Waals surface area contributed by atoms with Crippen LogP contribution in [0.15, 0.2) is 52.9 Å². The Kier molecular flexibility index (Phi) is 8.23. The standard InChI is InChI=1S/C23H29N3O4/c1-3-25-20(23(27)28-4-2)15-17-9-11-18(12-10-17)29-14-13-24-16-22-26-19-7-5-6-8-21(19)30-22/h5-12,20,24-25H,3-4,13-16H2,1-2H3. The average molecular weight is 412 g/mol. The second kappa shape index (κ2) is 11.3. The van der Waals surface area contributed by atoms with Crippen LogP contribution in [0.25, 0.3) is 11.1 Å². The van der Waals surface area contributed by atoms with Crippen LogP contribution in [0.2, 0.25) is 0 Å². The molecule has 0 radical (unpaired) electrons. The number of rotatable bonds is 12. The van der Waals surface area contributed by atoms with Gasteiger partial charge in [0.15, 0.2) is 5.58 Å². The molecule has 3 aromatic rings. The number of hydrogen-bond donors (Lipinski definition) is 2. The van der Waals surface area contributed by atoms with E-state index in [1.54, 1.807) is 0 Å². The molecule has 30 heavy (non-hydrogen) atoms. The van der Waals surface area contributed by atoms with Gasteiger partial charge in [0.05, 0.1) is 13.2 Å². The number of benzene rings is 2. The molecule has 0 saturated carbocycles. The number of fused-ring (bicyclic) bond motifs is 1. The number of nitrogens with one attached hydrogen (secondary N) is 2. The summed E-state index contributed by atoms with van der Waals surface area (Å²) in [7, 11) is 0. The van der Waals surface area contributed by atoms with E-state index in [1.165, 1.54) is 0 Å². The zero-order valence-corrected chi connectivity index (χ0v) is 17.5. The van der Waals surface area contributed by atoms with E-state index < -0.39 is 0 Å². The first kappa shape index (κ1) is 21.8. The van der Waals surface area contributed by atoms with Gasteiger partial charge in [-0.1, -0.05) is 31.2 Å². The van der Waals surface area contributed by atoms with Gasteiger partial charge in [-0.05, 0) is 49.7 Å². The molecule has 1 heterocycles. The van der Waals surface area contributed by atoms with Gasteiger partial charge in [0, 0.05) is 6.54 Å². The van der Waals surface area contributed by atoms with Crippen molar-refractivity contribution < 1.29 is 18.7 Å². The number of nitrogens with zero attached hydrogens (tertiary/aromatic N) is 1. The van der Waals surface area contributed by atoms with Crippen molar-refractivity contribution in [2.24, 2.45) is 0 Å². The number of oxazole rings is 1. The molecule has 0 fully saturated rings. The van der Waals surface area contributed by atoms with Crippen LogP contribution in [-0.4, -0.2) is 43.3 Å². The second-order valence-electron chi connectivity index (χ2n) is 6.81. The summed E-state index contributed by atoms with van der Waals surface area (Å²) in [4.78, 5) is 16.5. The number of esters is 1. The predicted octanol–water partition coefficient (Wildman–Crippen LogP) is 3.08. The summed E-state index contributed by atoms with van der Waals surface area (Å²) in [5, 5.41) is 6.44. The van der Waals surface area contributed by atoms with Crippen LogP contribution in [0.1, 0.15) is 25.3 Å². The van der Waals surface area contributed by atoms with Gasteiger partial charge in [-0.15, -0.1) is 0 Å². The summed E-state index contributed by atoms with van der Waals surface area (Å²) in [6.07, 6.45) is 0.582. The third-order valence-corrected chi connectivity index (χ3v) is 4.55. The molecule has 0 aliphatic heterocycles. The van der Waals surface area contributed by atoms with E-state index in [9.17, 15) is 4.79 Å². The Bertz CT molecular complexity index is 891. The Morgan fingerprint density at radius 2 is 1.93 bits per heavy atom. The van der Waals surface area contributed by atoms with Gasteiger partial charge in [-0.3, -0.25) is 4.79 Å². The van der Waals surface area contributed by atoms with Crippen molar-refractivity contribution in [1.29, 1.82) is 0 Å². The first-order valence-corrected chi connectivity index (χ1v) is 10.4. The molecule has 0 saturated heterocycles. The molecule has 1 aromatic heterocycles. The lowest BCUT2D eigenvalue weighted by Crippen LogP contribution is -2.39. The number of para-hydroxylation sites is 2. The highest BCUT2D eigenvalue weighted by molar-refractivity contribution is 5.76. The third-order valence-electron chi connectivity index (χ3n) is 4.55. The Morgan fingerprint density at radius 3 is 2.67 bits per heavy atom. The van der Waals surface area contributed by atoms with Crippen molar-refractivity contribution in [3.05, 3.63) is 60.0 Å². The molecule has 1 atom stereocenters. The minimum absolute atomic E-state index is 0.218. The predicted molar refractivity (Wildman–Crippen MR) is 115 cm³/mol. The first-order valence-electron chi connectivity index (χ1n) is 10.4. The maximum absolute atomic E-state index is 12.0. The van der Waals surface area contributed by atoms with E-state index in [-0.39, 0.29) is 12.0 Å². The molecule has 3 rings (SSSR count). The van der Waals surface area contributed by atoms with Crippen molar-refractivity contribution in [3.63, 3.8) is 0 Å². The van der Waals surface area contributed by atoms with Crippen molar-refractivity contribution >= 4 is 17.1 Å². The average Bonchev–Trinajstić information content (AvgIpc) is 3.17. The third kappa shape index (κ3) is 6.30. The van der Waals surface area contributed by atoms with Gasteiger partial charge < -0.3 is 24.5 Å². The monoisotopic (exact) mass is 411 g/mol. The number of likely N-dealkylation sites (N-methyl/N-ethyl adjacent to an activating group) is 1. The van der Waals surface area contributed by atoms with Crippen LogP contribution < -0.4 is 15.4 Å². The molecule has 2 N–H and O–H groups in total. The summed E-state index contributed by atoms with van der Waals surface area (Å²) in [6.45, 7) is 6.64. The molecule has 0 amide bonds. The lowest BCUT2D eigenvalue weighted by molar-refractivity contribution is -0.145. The zero-order chi connectivity index (χ0) is 21.2. The Labute approximate surface area is 176 Å². The number of carbonyl (C=O) groups excluding carboxylic acids is 1.